The maximum atomic E-state index is 12.6. The Labute approximate surface area is 82.0 Å². The van der Waals surface area contributed by atoms with E-state index in [1.807, 2.05) is 6.07 Å². The van der Waals surface area contributed by atoms with Gasteiger partial charge in [-0.05, 0) is 0 Å². The second-order valence-electron chi connectivity index (χ2n) is 3.12. The van der Waals surface area contributed by atoms with Gasteiger partial charge in [-0.1, -0.05) is 6.58 Å². The van der Waals surface area contributed by atoms with Crippen LogP contribution in [0.25, 0.3) is 0 Å². The van der Waals surface area contributed by atoms with Crippen molar-refractivity contribution in [2.45, 2.75) is 12.5 Å². The maximum Gasteiger partial charge on any atom is 0.282 e. The van der Waals surface area contributed by atoms with E-state index >= 15 is 0 Å². The molecule has 14 heavy (non-hydrogen) atoms. The van der Waals surface area contributed by atoms with Crippen molar-refractivity contribution in [3.63, 3.8) is 0 Å². The van der Waals surface area contributed by atoms with Crippen molar-refractivity contribution in [3.05, 3.63) is 12.4 Å². The zero-order valence-electron chi connectivity index (χ0n) is 7.79. The summed E-state index contributed by atoms with van der Waals surface area (Å²) in [6, 6.07) is 1.73. The minimum atomic E-state index is -0.963. The fourth-order valence-electron chi connectivity index (χ4n) is 1.47. The van der Waals surface area contributed by atoms with Crippen molar-refractivity contribution < 1.29 is 9.18 Å². The van der Waals surface area contributed by atoms with Crippen molar-refractivity contribution in [3.8, 4) is 6.07 Å². The normalized spacial score (nSPS) is 21.4. The van der Waals surface area contributed by atoms with Gasteiger partial charge in [0.25, 0.3) is 5.91 Å². The van der Waals surface area contributed by atoms with Gasteiger partial charge in [-0.15, -0.1) is 0 Å². The van der Waals surface area contributed by atoms with Gasteiger partial charge in [0, 0.05) is 19.6 Å². The number of rotatable bonds is 2. The van der Waals surface area contributed by atoms with Gasteiger partial charge in [0.1, 0.15) is 0 Å². The van der Waals surface area contributed by atoms with Crippen molar-refractivity contribution in [2.75, 3.05) is 19.6 Å². The molecule has 0 bridgehead atoms. The lowest BCUT2D eigenvalue weighted by atomic mass is 10.1. The Balaban J connectivity index is 2.68. The minimum Gasteiger partial charge on any atom is -0.330 e. The molecule has 1 atom stereocenters. The smallest absolute Gasteiger partial charge is 0.282 e. The highest BCUT2D eigenvalue weighted by atomic mass is 19.1. The van der Waals surface area contributed by atoms with Gasteiger partial charge in [-0.3, -0.25) is 4.79 Å². The molecule has 4 nitrogen and oxygen atoms in total. The van der Waals surface area contributed by atoms with Gasteiger partial charge in [0.15, 0.2) is 5.83 Å². The quantitative estimate of drug-likeness (QED) is 0.643. The highest BCUT2D eigenvalue weighted by molar-refractivity contribution is 5.90. The number of nitrogens with zero attached hydrogens (tertiary/aromatic N) is 2. The Bertz CT molecular complexity index is 284. The molecule has 1 N–H and O–H groups in total. The van der Waals surface area contributed by atoms with Crippen LogP contribution in [0.2, 0.25) is 0 Å². The summed E-state index contributed by atoms with van der Waals surface area (Å²) in [5.41, 5.74) is 0. The van der Waals surface area contributed by atoms with Gasteiger partial charge in [0.2, 0.25) is 0 Å². The van der Waals surface area contributed by atoms with E-state index in [1.165, 1.54) is 4.90 Å². The summed E-state index contributed by atoms with van der Waals surface area (Å²) in [6.45, 7) is 4.55. The molecule has 1 fully saturated rings. The molecule has 1 amide bonds. The van der Waals surface area contributed by atoms with Gasteiger partial charge in [-0.2, -0.15) is 5.26 Å². The van der Waals surface area contributed by atoms with Crippen LogP contribution in [0.3, 0.4) is 0 Å². The van der Waals surface area contributed by atoms with E-state index < -0.39 is 11.7 Å². The number of hydrogen-bond donors (Lipinski definition) is 1. The maximum absolute atomic E-state index is 12.6. The average molecular weight is 197 g/mol. The van der Waals surface area contributed by atoms with Crippen molar-refractivity contribution in [2.24, 2.45) is 0 Å². The molecule has 0 aromatic heterocycles. The molecule has 76 valence electrons. The summed E-state index contributed by atoms with van der Waals surface area (Å²) in [7, 11) is 0. The Morgan fingerprint density at radius 3 is 3.07 bits per heavy atom. The first-order valence-corrected chi connectivity index (χ1v) is 4.40. The summed E-state index contributed by atoms with van der Waals surface area (Å²) in [6.07, 6.45) is 0.214. The summed E-state index contributed by atoms with van der Waals surface area (Å²) >= 11 is 0. The van der Waals surface area contributed by atoms with E-state index in [2.05, 4.69) is 11.9 Å². The van der Waals surface area contributed by atoms with Crippen LogP contribution < -0.4 is 5.32 Å². The van der Waals surface area contributed by atoms with Crippen LogP contribution in [0.5, 0.6) is 0 Å². The zero-order valence-corrected chi connectivity index (χ0v) is 7.79. The van der Waals surface area contributed by atoms with Crippen LogP contribution in [0.1, 0.15) is 6.42 Å². The monoisotopic (exact) mass is 197 g/mol. The molecule has 1 aliphatic heterocycles. The lowest BCUT2D eigenvalue weighted by Crippen LogP contribution is -2.53. The Morgan fingerprint density at radius 1 is 1.79 bits per heavy atom. The van der Waals surface area contributed by atoms with Crippen LogP contribution in [-0.2, 0) is 4.79 Å². The molecule has 1 aliphatic rings. The number of nitriles is 1. The summed E-state index contributed by atoms with van der Waals surface area (Å²) in [4.78, 5) is 12.7. The van der Waals surface area contributed by atoms with Crippen LogP contribution in [0.4, 0.5) is 4.39 Å². The van der Waals surface area contributed by atoms with Crippen LogP contribution in [0, 0.1) is 11.3 Å². The summed E-state index contributed by atoms with van der Waals surface area (Å²) in [5, 5.41) is 11.6. The molecule has 0 spiro atoms. The Kier molecular flexibility index (Phi) is 3.60. The van der Waals surface area contributed by atoms with Gasteiger partial charge in [0.05, 0.1) is 18.5 Å². The van der Waals surface area contributed by atoms with E-state index in [0.717, 1.165) is 0 Å². The third kappa shape index (κ3) is 2.30. The molecule has 1 saturated heterocycles. The minimum absolute atomic E-state index is 0.214. The molecule has 0 saturated carbocycles. The lowest BCUT2D eigenvalue weighted by molar-refractivity contribution is -0.131. The fourth-order valence-corrected chi connectivity index (χ4v) is 1.47. The first-order valence-electron chi connectivity index (χ1n) is 4.40. The lowest BCUT2D eigenvalue weighted by Gasteiger charge is -2.34. The fraction of sp³-hybridized carbons (Fsp3) is 0.556. The number of nitrogens with one attached hydrogen (secondary N) is 1. The molecule has 1 heterocycles. The van der Waals surface area contributed by atoms with Gasteiger partial charge in [-0.25, -0.2) is 4.39 Å². The van der Waals surface area contributed by atoms with E-state index in [1.54, 1.807) is 0 Å². The number of amides is 1. The Hall–Kier alpha value is -1.41. The number of hydrogen-bond acceptors (Lipinski definition) is 3. The van der Waals surface area contributed by atoms with E-state index in [0.29, 0.717) is 19.6 Å². The molecule has 0 aliphatic carbocycles. The molecule has 1 unspecified atom stereocenters. The first-order chi connectivity index (χ1) is 6.66. The third-order valence-corrected chi connectivity index (χ3v) is 2.17. The topological polar surface area (TPSA) is 56.1 Å². The second kappa shape index (κ2) is 4.72. The SMILES string of the molecule is C=C(F)C(=O)N1CCNCC1CC#N. The Morgan fingerprint density at radius 2 is 2.50 bits per heavy atom. The highest BCUT2D eigenvalue weighted by Crippen LogP contribution is 2.11. The molecule has 0 aromatic rings. The predicted octanol–water partition coefficient (Wildman–Crippen LogP) is 0.184. The molecular formula is C9H12FN3O. The molecule has 1 rings (SSSR count). The average Bonchev–Trinajstić information content (AvgIpc) is 2.18. The van der Waals surface area contributed by atoms with Gasteiger partial charge >= 0.3 is 0 Å². The van der Waals surface area contributed by atoms with E-state index in [-0.39, 0.29) is 12.5 Å². The van der Waals surface area contributed by atoms with Crippen molar-refractivity contribution >= 4 is 5.91 Å². The van der Waals surface area contributed by atoms with Crippen molar-refractivity contribution in [1.29, 1.82) is 5.26 Å². The van der Waals surface area contributed by atoms with Crippen LogP contribution in [-0.4, -0.2) is 36.5 Å². The number of halogens is 1. The summed E-state index contributed by atoms with van der Waals surface area (Å²) < 4.78 is 12.6. The summed E-state index contributed by atoms with van der Waals surface area (Å²) in [5.74, 6) is -1.67. The standard InChI is InChI=1S/C9H12FN3O/c1-7(10)9(14)13-5-4-12-6-8(13)2-3-11/h8,12H,1-2,4-6H2. The second-order valence-corrected chi connectivity index (χ2v) is 3.12. The third-order valence-electron chi connectivity index (χ3n) is 2.17. The first kappa shape index (κ1) is 10.7. The predicted molar refractivity (Wildman–Crippen MR) is 48.8 cm³/mol. The highest BCUT2D eigenvalue weighted by Gasteiger charge is 2.27. The van der Waals surface area contributed by atoms with Crippen LogP contribution in [0.15, 0.2) is 12.4 Å². The zero-order chi connectivity index (χ0) is 10.6. The molecule has 0 radical (unpaired) electrons. The van der Waals surface area contributed by atoms with Crippen molar-refractivity contribution in [1.82, 2.24) is 10.2 Å². The molecular weight excluding hydrogens is 185 g/mol. The largest absolute Gasteiger partial charge is 0.330 e. The number of carbonyl (C=O) groups is 1. The van der Waals surface area contributed by atoms with E-state index in [9.17, 15) is 9.18 Å². The van der Waals surface area contributed by atoms with E-state index in [4.69, 9.17) is 5.26 Å². The van der Waals surface area contributed by atoms with Gasteiger partial charge < -0.3 is 10.2 Å². The molecule has 5 heteroatoms. The number of carbonyl (C=O) groups excluding carboxylic acids is 1. The van der Waals surface area contributed by atoms with Crippen LogP contribution >= 0.6 is 0 Å². The number of piperazine rings is 1. The molecule has 0 aromatic carbocycles.